The molecule has 6 nitrogen and oxygen atoms in total. The van der Waals surface area contributed by atoms with Gasteiger partial charge in [-0.05, 0) is 40.2 Å². The summed E-state index contributed by atoms with van der Waals surface area (Å²) in [7, 11) is 0. The number of β-amino-alcohol motifs (C(OH)–C–C–N with tert-alkyl or cyclic N) is 1. The Morgan fingerprint density at radius 3 is 2.90 bits per heavy atom. The SMILES string of the molecule is CCOC(=O)NC1CCCN(CC(O)COC(C)C)C1. The van der Waals surface area contributed by atoms with E-state index >= 15 is 0 Å². The number of ether oxygens (including phenoxy) is 2. The van der Waals surface area contributed by atoms with E-state index in [4.69, 9.17) is 9.47 Å². The Hall–Kier alpha value is -0.850. The van der Waals surface area contributed by atoms with Crippen molar-refractivity contribution in [3.05, 3.63) is 0 Å². The highest BCUT2D eigenvalue weighted by Gasteiger charge is 2.23. The monoisotopic (exact) mass is 288 g/mol. The molecular weight excluding hydrogens is 260 g/mol. The molecule has 1 aliphatic rings. The van der Waals surface area contributed by atoms with Gasteiger partial charge >= 0.3 is 6.09 Å². The molecule has 1 saturated heterocycles. The molecule has 0 aliphatic carbocycles. The molecule has 20 heavy (non-hydrogen) atoms. The van der Waals surface area contributed by atoms with Crippen molar-refractivity contribution in [2.75, 3.05) is 32.8 Å². The second-order valence-corrected chi connectivity index (χ2v) is 5.50. The fraction of sp³-hybridized carbons (Fsp3) is 0.929. The van der Waals surface area contributed by atoms with Crippen molar-refractivity contribution < 1.29 is 19.4 Å². The molecule has 6 heteroatoms. The third kappa shape index (κ3) is 7.07. The Balaban J connectivity index is 2.27. The molecule has 1 fully saturated rings. The van der Waals surface area contributed by atoms with E-state index in [0.29, 0.717) is 19.8 Å². The number of alkyl carbamates (subject to hydrolysis) is 1. The van der Waals surface area contributed by atoms with Gasteiger partial charge in [-0.15, -0.1) is 0 Å². The lowest BCUT2D eigenvalue weighted by Crippen LogP contribution is -2.50. The lowest BCUT2D eigenvalue weighted by atomic mass is 10.1. The van der Waals surface area contributed by atoms with Gasteiger partial charge in [-0.25, -0.2) is 4.79 Å². The summed E-state index contributed by atoms with van der Waals surface area (Å²) in [4.78, 5) is 13.6. The van der Waals surface area contributed by atoms with E-state index in [1.54, 1.807) is 6.92 Å². The van der Waals surface area contributed by atoms with E-state index in [2.05, 4.69) is 10.2 Å². The first-order valence-electron chi connectivity index (χ1n) is 7.46. The smallest absolute Gasteiger partial charge is 0.407 e. The Morgan fingerprint density at radius 1 is 1.50 bits per heavy atom. The number of aliphatic hydroxyl groups is 1. The average Bonchev–Trinajstić information content (AvgIpc) is 2.37. The van der Waals surface area contributed by atoms with E-state index in [1.807, 2.05) is 13.8 Å². The van der Waals surface area contributed by atoms with Gasteiger partial charge in [0.1, 0.15) is 0 Å². The number of likely N-dealkylation sites (tertiary alicyclic amines) is 1. The van der Waals surface area contributed by atoms with Crippen molar-refractivity contribution in [1.82, 2.24) is 10.2 Å². The highest BCUT2D eigenvalue weighted by molar-refractivity contribution is 5.67. The van der Waals surface area contributed by atoms with Crippen LogP contribution in [0.15, 0.2) is 0 Å². The lowest BCUT2D eigenvalue weighted by Gasteiger charge is -2.34. The summed E-state index contributed by atoms with van der Waals surface area (Å²) in [6.45, 7) is 8.69. The number of hydrogen-bond donors (Lipinski definition) is 2. The first-order valence-corrected chi connectivity index (χ1v) is 7.46. The van der Waals surface area contributed by atoms with Crippen LogP contribution in [0.4, 0.5) is 4.79 Å². The van der Waals surface area contributed by atoms with Crippen molar-refractivity contribution >= 4 is 6.09 Å². The Bertz CT molecular complexity index is 286. The molecule has 0 aromatic rings. The number of amides is 1. The van der Waals surface area contributed by atoms with E-state index in [1.165, 1.54) is 0 Å². The third-order valence-electron chi connectivity index (χ3n) is 3.19. The fourth-order valence-corrected chi connectivity index (χ4v) is 2.33. The fourth-order valence-electron chi connectivity index (χ4n) is 2.33. The van der Waals surface area contributed by atoms with E-state index in [0.717, 1.165) is 25.9 Å². The number of carbonyl (C=O) groups excluding carboxylic acids is 1. The van der Waals surface area contributed by atoms with Gasteiger partial charge in [0.2, 0.25) is 0 Å². The zero-order chi connectivity index (χ0) is 15.0. The molecule has 0 bridgehead atoms. The molecule has 0 spiro atoms. The Kier molecular flexibility index (Phi) is 7.87. The summed E-state index contributed by atoms with van der Waals surface area (Å²) in [6, 6.07) is 0.0982. The number of hydrogen-bond acceptors (Lipinski definition) is 5. The predicted molar refractivity (Wildman–Crippen MR) is 76.7 cm³/mol. The Labute approximate surface area is 121 Å². The summed E-state index contributed by atoms with van der Waals surface area (Å²) < 4.78 is 10.3. The molecule has 118 valence electrons. The maximum atomic E-state index is 11.4. The molecule has 2 unspecified atom stereocenters. The molecule has 2 atom stereocenters. The van der Waals surface area contributed by atoms with Crippen LogP contribution in [0.3, 0.4) is 0 Å². The molecule has 1 heterocycles. The molecule has 0 aromatic heterocycles. The summed E-state index contributed by atoms with van der Waals surface area (Å²) in [5, 5.41) is 12.8. The third-order valence-corrected chi connectivity index (χ3v) is 3.19. The van der Waals surface area contributed by atoms with Gasteiger partial charge < -0.3 is 19.9 Å². The maximum absolute atomic E-state index is 11.4. The van der Waals surface area contributed by atoms with Gasteiger partial charge in [0.05, 0.1) is 25.4 Å². The van der Waals surface area contributed by atoms with E-state index in [9.17, 15) is 9.90 Å². The quantitative estimate of drug-likeness (QED) is 0.731. The number of piperidine rings is 1. The van der Waals surface area contributed by atoms with Crippen molar-refractivity contribution in [3.8, 4) is 0 Å². The standard InChI is InChI=1S/C14H28N2O4/c1-4-19-14(18)15-12-6-5-7-16(8-12)9-13(17)10-20-11(2)3/h11-13,17H,4-10H2,1-3H3,(H,15,18). The molecule has 1 rings (SSSR count). The van der Waals surface area contributed by atoms with Gasteiger partial charge in [-0.1, -0.05) is 0 Å². The van der Waals surface area contributed by atoms with Crippen molar-refractivity contribution in [1.29, 1.82) is 0 Å². The van der Waals surface area contributed by atoms with Crippen LogP contribution in [0.5, 0.6) is 0 Å². The second-order valence-electron chi connectivity index (χ2n) is 5.50. The van der Waals surface area contributed by atoms with Crippen molar-refractivity contribution in [3.63, 3.8) is 0 Å². The van der Waals surface area contributed by atoms with Gasteiger partial charge in [0, 0.05) is 19.1 Å². The molecule has 0 saturated carbocycles. The summed E-state index contributed by atoms with van der Waals surface area (Å²) in [5.74, 6) is 0. The zero-order valence-corrected chi connectivity index (χ0v) is 12.8. The number of rotatable bonds is 7. The van der Waals surface area contributed by atoms with Gasteiger partial charge in [-0.2, -0.15) is 0 Å². The van der Waals surface area contributed by atoms with Crippen LogP contribution < -0.4 is 5.32 Å². The van der Waals surface area contributed by atoms with Crippen molar-refractivity contribution in [2.24, 2.45) is 0 Å². The van der Waals surface area contributed by atoms with Gasteiger partial charge in [0.15, 0.2) is 0 Å². The minimum absolute atomic E-state index is 0.0982. The normalized spacial score (nSPS) is 21.8. The first kappa shape index (κ1) is 17.2. The summed E-state index contributed by atoms with van der Waals surface area (Å²) in [6.07, 6.45) is 1.24. The van der Waals surface area contributed by atoms with Crippen LogP contribution in [0, 0.1) is 0 Å². The maximum Gasteiger partial charge on any atom is 0.407 e. The molecule has 1 amide bonds. The minimum atomic E-state index is -0.487. The number of aliphatic hydroxyl groups excluding tert-OH is 1. The van der Waals surface area contributed by atoms with Crippen LogP contribution in [0.25, 0.3) is 0 Å². The predicted octanol–water partition coefficient (Wildman–Crippen LogP) is 0.983. The summed E-state index contributed by atoms with van der Waals surface area (Å²) >= 11 is 0. The van der Waals surface area contributed by atoms with Crippen molar-refractivity contribution in [2.45, 2.75) is 51.9 Å². The first-order chi connectivity index (χ1) is 9.51. The number of nitrogens with one attached hydrogen (secondary N) is 1. The van der Waals surface area contributed by atoms with Gasteiger partial charge in [0.25, 0.3) is 0 Å². The number of carbonyl (C=O) groups is 1. The summed E-state index contributed by atoms with van der Waals surface area (Å²) in [5.41, 5.74) is 0. The zero-order valence-electron chi connectivity index (χ0n) is 12.8. The molecule has 0 aromatic carbocycles. The van der Waals surface area contributed by atoms with Crippen LogP contribution >= 0.6 is 0 Å². The minimum Gasteiger partial charge on any atom is -0.450 e. The molecule has 2 N–H and O–H groups in total. The van der Waals surface area contributed by atoms with Crippen LogP contribution in [-0.4, -0.2) is 67.2 Å². The van der Waals surface area contributed by atoms with Crippen LogP contribution in [-0.2, 0) is 9.47 Å². The second kappa shape index (κ2) is 9.15. The lowest BCUT2D eigenvalue weighted by molar-refractivity contribution is -0.0121. The van der Waals surface area contributed by atoms with Crippen LogP contribution in [0.2, 0.25) is 0 Å². The average molecular weight is 288 g/mol. The van der Waals surface area contributed by atoms with E-state index < -0.39 is 6.10 Å². The molecule has 1 aliphatic heterocycles. The van der Waals surface area contributed by atoms with Gasteiger partial charge in [-0.3, -0.25) is 4.90 Å². The highest BCUT2D eigenvalue weighted by Crippen LogP contribution is 2.11. The van der Waals surface area contributed by atoms with Crippen LogP contribution in [0.1, 0.15) is 33.6 Å². The number of nitrogens with zero attached hydrogens (tertiary/aromatic N) is 1. The largest absolute Gasteiger partial charge is 0.450 e. The molecule has 0 radical (unpaired) electrons. The van der Waals surface area contributed by atoms with E-state index in [-0.39, 0.29) is 18.2 Å². The molecular formula is C14H28N2O4. The highest BCUT2D eigenvalue weighted by atomic mass is 16.5. The Morgan fingerprint density at radius 2 is 2.25 bits per heavy atom. The topological polar surface area (TPSA) is 71.0 Å².